The average molecular weight is 465 g/mol. The number of aliphatic hydroxyl groups excluding tert-OH is 1. The fraction of sp³-hybridized carbons (Fsp3) is 0.333. The summed E-state index contributed by atoms with van der Waals surface area (Å²) in [6.45, 7) is 1.54. The van der Waals surface area contributed by atoms with Crippen molar-refractivity contribution in [1.82, 2.24) is 25.4 Å². The molecule has 0 aliphatic carbocycles. The molecule has 3 heterocycles. The number of amides is 1. The zero-order chi connectivity index (χ0) is 24.0. The maximum atomic E-state index is 13.2. The third kappa shape index (κ3) is 5.84. The number of fused-ring (bicyclic) bond motifs is 3. The van der Waals surface area contributed by atoms with Crippen LogP contribution in [0.5, 0.6) is 0 Å². The highest BCUT2D eigenvalue weighted by Crippen LogP contribution is 2.27. The zero-order valence-corrected chi connectivity index (χ0v) is 17.3. The van der Waals surface area contributed by atoms with Gasteiger partial charge in [-0.2, -0.15) is 18.3 Å². The largest absolute Gasteiger partial charge is 0.490 e. The summed E-state index contributed by atoms with van der Waals surface area (Å²) in [6, 6.07) is 9.16. The first-order chi connectivity index (χ1) is 15.7. The summed E-state index contributed by atoms with van der Waals surface area (Å²) in [4.78, 5) is 28.3. The molecule has 1 amide bonds. The first-order valence-electron chi connectivity index (χ1n) is 10.00. The number of benzene rings is 1. The van der Waals surface area contributed by atoms with E-state index >= 15 is 0 Å². The second kappa shape index (κ2) is 10.4. The molecule has 1 atom stereocenters. The molecule has 0 radical (unpaired) electrons. The molecule has 176 valence electrons. The number of aliphatic hydroxyl groups is 1. The van der Waals surface area contributed by atoms with Crippen LogP contribution in [0, 0.1) is 0 Å². The van der Waals surface area contributed by atoms with Crippen LogP contribution in [-0.2, 0) is 22.6 Å². The van der Waals surface area contributed by atoms with E-state index in [0.717, 1.165) is 28.6 Å². The Morgan fingerprint density at radius 2 is 1.91 bits per heavy atom. The molecule has 2 aromatic heterocycles. The van der Waals surface area contributed by atoms with Gasteiger partial charge in [0.25, 0.3) is 0 Å². The van der Waals surface area contributed by atoms with Gasteiger partial charge >= 0.3 is 12.1 Å². The Labute approximate surface area is 186 Å². The highest BCUT2D eigenvalue weighted by atomic mass is 19.4. The van der Waals surface area contributed by atoms with Crippen LogP contribution in [0.15, 0.2) is 42.7 Å². The molecule has 0 saturated heterocycles. The van der Waals surface area contributed by atoms with E-state index in [9.17, 15) is 18.0 Å². The van der Waals surface area contributed by atoms with Crippen molar-refractivity contribution < 1.29 is 33.0 Å². The van der Waals surface area contributed by atoms with Crippen LogP contribution in [0.3, 0.4) is 0 Å². The van der Waals surface area contributed by atoms with E-state index in [1.165, 1.54) is 5.56 Å². The lowest BCUT2D eigenvalue weighted by atomic mass is 9.97. The molecule has 0 fully saturated rings. The maximum absolute atomic E-state index is 13.2. The van der Waals surface area contributed by atoms with Crippen molar-refractivity contribution in [1.29, 1.82) is 0 Å². The van der Waals surface area contributed by atoms with Crippen LogP contribution in [0.25, 0.3) is 11.0 Å². The molecule has 4 rings (SSSR count). The molecule has 33 heavy (non-hydrogen) atoms. The van der Waals surface area contributed by atoms with Gasteiger partial charge in [0.05, 0.1) is 12.8 Å². The number of nitrogens with zero attached hydrogens (tertiary/aromatic N) is 3. The summed E-state index contributed by atoms with van der Waals surface area (Å²) in [5, 5.41) is 27.4. The summed E-state index contributed by atoms with van der Waals surface area (Å²) in [5.41, 5.74) is 3.97. The quantitative estimate of drug-likeness (QED) is 0.452. The van der Waals surface area contributed by atoms with Crippen LogP contribution in [-0.4, -0.2) is 68.0 Å². The predicted molar refractivity (Wildman–Crippen MR) is 111 cm³/mol. The van der Waals surface area contributed by atoms with E-state index in [1.807, 2.05) is 41.4 Å². The Hall–Kier alpha value is -3.51. The summed E-state index contributed by atoms with van der Waals surface area (Å²) in [5.74, 6) is -2.74. The third-order valence-electron chi connectivity index (χ3n) is 5.07. The van der Waals surface area contributed by atoms with Gasteiger partial charge in [-0.3, -0.25) is 15.2 Å². The number of rotatable bonds is 5. The number of alkyl halides is 3. The molecule has 1 aromatic carbocycles. The zero-order valence-electron chi connectivity index (χ0n) is 17.3. The van der Waals surface area contributed by atoms with Gasteiger partial charge in [-0.1, -0.05) is 30.3 Å². The number of halogens is 3. The molecule has 0 saturated carbocycles. The van der Waals surface area contributed by atoms with Gasteiger partial charge in [0.1, 0.15) is 6.04 Å². The molecule has 0 spiro atoms. The Morgan fingerprint density at radius 3 is 2.55 bits per heavy atom. The van der Waals surface area contributed by atoms with E-state index in [1.54, 1.807) is 6.20 Å². The van der Waals surface area contributed by atoms with Crippen molar-refractivity contribution in [2.75, 3.05) is 19.7 Å². The van der Waals surface area contributed by atoms with Crippen molar-refractivity contribution in [3.8, 4) is 0 Å². The Morgan fingerprint density at radius 1 is 1.21 bits per heavy atom. The van der Waals surface area contributed by atoms with Crippen molar-refractivity contribution in [3.63, 3.8) is 0 Å². The summed E-state index contributed by atoms with van der Waals surface area (Å²) < 4.78 is 31.7. The Kier molecular flexibility index (Phi) is 7.61. The topological polar surface area (TPSA) is 131 Å². The van der Waals surface area contributed by atoms with E-state index < -0.39 is 18.2 Å². The SMILES string of the molecule is O=C(C(NCCO)c1ccccc1)N1CCc2c(cnc3[nH]ncc23)C1.O=C(O)C(F)(F)F. The predicted octanol–water partition coefficient (Wildman–Crippen LogP) is 1.80. The van der Waals surface area contributed by atoms with Gasteiger partial charge in [-0.25, -0.2) is 9.78 Å². The Bertz CT molecular complexity index is 1100. The maximum Gasteiger partial charge on any atom is 0.490 e. The number of nitrogens with one attached hydrogen (secondary N) is 2. The number of hydrogen-bond donors (Lipinski definition) is 4. The standard InChI is InChI=1S/C19H21N5O2.C2HF3O2/c25-9-7-20-17(13-4-2-1-3-5-13)19(26)24-8-6-15-14(12-24)10-21-18-16(15)11-22-23-18;3-2(4,5)1(6)7/h1-5,10-11,17,20,25H,6-9,12H2,(H,21,22,23);(H,6,7). The minimum absolute atomic E-state index is 0.0121. The number of carbonyl (C=O) groups excluding carboxylic acids is 1. The summed E-state index contributed by atoms with van der Waals surface area (Å²) in [6.07, 6.45) is -0.677. The smallest absolute Gasteiger partial charge is 0.475 e. The average Bonchev–Trinajstić information content (AvgIpc) is 3.29. The molecule has 1 unspecified atom stereocenters. The molecule has 1 aliphatic rings. The number of pyridine rings is 1. The second-order valence-electron chi connectivity index (χ2n) is 7.23. The number of carboxylic acids is 1. The van der Waals surface area contributed by atoms with Gasteiger partial charge in [0.15, 0.2) is 5.65 Å². The highest BCUT2D eigenvalue weighted by molar-refractivity contribution is 5.85. The fourth-order valence-electron chi connectivity index (χ4n) is 3.53. The lowest BCUT2D eigenvalue weighted by molar-refractivity contribution is -0.192. The minimum Gasteiger partial charge on any atom is -0.475 e. The van der Waals surface area contributed by atoms with Crippen LogP contribution in [0.4, 0.5) is 13.2 Å². The van der Waals surface area contributed by atoms with Crippen LogP contribution < -0.4 is 5.32 Å². The number of aromatic amines is 1. The summed E-state index contributed by atoms with van der Waals surface area (Å²) in [7, 11) is 0. The first kappa shape index (κ1) is 24.1. The van der Waals surface area contributed by atoms with Crippen LogP contribution >= 0.6 is 0 Å². The molecule has 3 aromatic rings. The van der Waals surface area contributed by atoms with Crippen molar-refractivity contribution in [3.05, 3.63) is 59.4 Å². The Balaban J connectivity index is 0.000000383. The lowest BCUT2D eigenvalue weighted by Gasteiger charge is -2.32. The number of carbonyl (C=O) groups is 2. The number of aromatic nitrogens is 3. The molecule has 4 N–H and O–H groups in total. The van der Waals surface area contributed by atoms with E-state index in [-0.39, 0.29) is 12.5 Å². The van der Waals surface area contributed by atoms with Gasteiger partial charge in [0, 0.05) is 31.2 Å². The highest BCUT2D eigenvalue weighted by Gasteiger charge is 2.38. The van der Waals surface area contributed by atoms with Crippen LogP contribution in [0.1, 0.15) is 22.7 Å². The number of H-pyrrole nitrogens is 1. The molecular weight excluding hydrogens is 443 g/mol. The van der Waals surface area contributed by atoms with E-state index in [2.05, 4.69) is 20.5 Å². The number of carboxylic acid groups (broad SMARTS) is 1. The monoisotopic (exact) mass is 465 g/mol. The molecule has 12 heteroatoms. The van der Waals surface area contributed by atoms with Gasteiger partial charge in [0.2, 0.25) is 5.91 Å². The molecular formula is C21H22F3N5O4. The van der Waals surface area contributed by atoms with Crippen molar-refractivity contribution >= 4 is 22.9 Å². The summed E-state index contributed by atoms with van der Waals surface area (Å²) >= 11 is 0. The van der Waals surface area contributed by atoms with Gasteiger partial charge < -0.3 is 15.1 Å². The fourth-order valence-corrected chi connectivity index (χ4v) is 3.53. The van der Waals surface area contributed by atoms with E-state index in [4.69, 9.17) is 15.0 Å². The number of hydrogen-bond acceptors (Lipinski definition) is 6. The normalized spacial score (nSPS) is 14.2. The van der Waals surface area contributed by atoms with Crippen molar-refractivity contribution in [2.24, 2.45) is 0 Å². The van der Waals surface area contributed by atoms with Crippen LogP contribution in [0.2, 0.25) is 0 Å². The molecule has 0 bridgehead atoms. The van der Waals surface area contributed by atoms with E-state index in [0.29, 0.717) is 19.6 Å². The molecule has 9 nitrogen and oxygen atoms in total. The second-order valence-corrected chi connectivity index (χ2v) is 7.23. The minimum atomic E-state index is -5.08. The van der Waals surface area contributed by atoms with Crippen molar-refractivity contribution in [2.45, 2.75) is 25.2 Å². The lowest BCUT2D eigenvalue weighted by Crippen LogP contribution is -2.44. The number of aliphatic carboxylic acids is 1. The van der Waals surface area contributed by atoms with Gasteiger partial charge in [-0.05, 0) is 23.1 Å². The molecule has 1 aliphatic heterocycles. The van der Waals surface area contributed by atoms with Gasteiger partial charge in [-0.15, -0.1) is 0 Å². The first-order valence-corrected chi connectivity index (χ1v) is 10.00. The third-order valence-corrected chi connectivity index (χ3v) is 5.07.